The van der Waals surface area contributed by atoms with Gasteiger partial charge in [-0.3, -0.25) is 10.2 Å². The van der Waals surface area contributed by atoms with Gasteiger partial charge in [-0.1, -0.05) is 48.5 Å². The van der Waals surface area contributed by atoms with Gasteiger partial charge in [0.2, 0.25) is 0 Å². The van der Waals surface area contributed by atoms with E-state index in [1.807, 2.05) is 66.7 Å². The Labute approximate surface area is 176 Å². The van der Waals surface area contributed by atoms with Crippen molar-refractivity contribution in [3.05, 3.63) is 90.0 Å². The highest BCUT2D eigenvalue weighted by atomic mass is 16.5. The molecule has 3 rings (SSSR count). The summed E-state index contributed by atoms with van der Waals surface area (Å²) >= 11 is 0. The highest BCUT2D eigenvalue weighted by molar-refractivity contribution is 5.81. The predicted molar refractivity (Wildman–Crippen MR) is 119 cm³/mol. The van der Waals surface area contributed by atoms with Gasteiger partial charge in [-0.2, -0.15) is 5.10 Å². The number of hydrogen-bond donors (Lipinski definition) is 2. The molecule has 3 aromatic rings. The fourth-order valence-corrected chi connectivity index (χ4v) is 2.76. The maximum absolute atomic E-state index is 12.0. The van der Waals surface area contributed by atoms with Crippen molar-refractivity contribution < 1.29 is 14.3 Å². The summed E-state index contributed by atoms with van der Waals surface area (Å²) in [6.45, 7) is 0.487. The zero-order chi connectivity index (χ0) is 21.0. The summed E-state index contributed by atoms with van der Waals surface area (Å²) < 4.78 is 11.0. The first-order valence-electron chi connectivity index (χ1n) is 9.70. The number of carbonyl (C=O) groups is 1. The molecule has 3 aromatic carbocycles. The number of para-hydroxylation sites is 1. The molecule has 0 radical (unpaired) electrons. The molecule has 6 nitrogen and oxygen atoms in total. The van der Waals surface area contributed by atoms with Gasteiger partial charge in [-0.25, -0.2) is 0 Å². The first-order valence-corrected chi connectivity index (χ1v) is 9.70. The standard InChI is InChI=1S/C24H25N3O3/c1-29-23-16-20(17-26-27-21-10-6-3-7-11-21)12-13-22(23)30-18-24(28)25-15-14-19-8-4-2-5-9-19/h2-13,16-17,27H,14-15,18H2,1H3,(H,25,28). The van der Waals surface area contributed by atoms with Crippen LogP contribution in [0.5, 0.6) is 11.5 Å². The maximum atomic E-state index is 12.0. The molecule has 0 unspecified atom stereocenters. The van der Waals surface area contributed by atoms with Crippen molar-refractivity contribution in [3.63, 3.8) is 0 Å². The SMILES string of the molecule is COc1cc(C=NNc2ccccc2)ccc1OCC(=O)NCCc1ccccc1. The first kappa shape index (κ1) is 20.9. The summed E-state index contributed by atoms with van der Waals surface area (Å²) in [6.07, 6.45) is 2.47. The van der Waals surface area contributed by atoms with Crippen LogP contribution in [0.25, 0.3) is 0 Å². The third kappa shape index (κ3) is 6.67. The van der Waals surface area contributed by atoms with E-state index in [1.54, 1.807) is 25.5 Å². The van der Waals surface area contributed by atoms with Crippen LogP contribution in [0.4, 0.5) is 5.69 Å². The number of benzene rings is 3. The predicted octanol–water partition coefficient (Wildman–Crippen LogP) is 3.88. The number of methoxy groups -OCH3 is 1. The Bertz CT molecular complexity index is 960. The Kier molecular flexibility index (Phi) is 7.85. The Morgan fingerprint density at radius 2 is 1.70 bits per heavy atom. The van der Waals surface area contributed by atoms with Gasteiger partial charge >= 0.3 is 0 Å². The summed E-state index contributed by atoms with van der Waals surface area (Å²) in [5, 5.41) is 7.07. The number of rotatable bonds is 10. The van der Waals surface area contributed by atoms with E-state index < -0.39 is 0 Å². The minimum Gasteiger partial charge on any atom is -0.493 e. The second-order valence-electron chi connectivity index (χ2n) is 6.52. The summed E-state index contributed by atoms with van der Waals surface area (Å²) in [5.41, 5.74) is 5.89. The number of nitrogens with one attached hydrogen (secondary N) is 2. The number of amides is 1. The van der Waals surface area contributed by atoms with Crippen molar-refractivity contribution >= 4 is 17.8 Å². The quantitative estimate of drug-likeness (QED) is 0.398. The first-order chi connectivity index (χ1) is 14.7. The van der Waals surface area contributed by atoms with Crippen molar-refractivity contribution in [3.8, 4) is 11.5 Å². The zero-order valence-corrected chi connectivity index (χ0v) is 16.9. The summed E-state index contributed by atoms with van der Waals surface area (Å²) in [6, 6.07) is 25.1. The van der Waals surface area contributed by atoms with Gasteiger partial charge in [-0.05, 0) is 47.9 Å². The second kappa shape index (κ2) is 11.3. The molecular formula is C24H25N3O3. The minimum absolute atomic E-state index is 0.0752. The monoisotopic (exact) mass is 403 g/mol. The van der Waals surface area contributed by atoms with Crippen molar-refractivity contribution in [2.24, 2.45) is 5.10 Å². The zero-order valence-electron chi connectivity index (χ0n) is 16.9. The van der Waals surface area contributed by atoms with Crippen molar-refractivity contribution in [2.45, 2.75) is 6.42 Å². The third-order valence-corrected chi connectivity index (χ3v) is 4.31. The molecule has 30 heavy (non-hydrogen) atoms. The Hall–Kier alpha value is -3.80. The number of anilines is 1. The van der Waals surface area contributed by atoms with Gasteiger partial charge in [-0.15, -0.1) is 0 Å². The number of nitrogens with zero attached hydrogens (tertiary/aromatic N) is 1. The van der Waals surface area contributed by atoms with Gasteiger partial charge in [0.15, 0.2) is 18.1 Å². The van der Waals surface area contributed by atoms with E-state index in [2.05, 4.69) is 15.8 Å². The highest BCUT2D eigenvalue weighted by Gasteiger charge is 2.08. The lowest BCUT2D eigenvalue weighted by molar-refractivity contribution is -0.123. The second-order valence-corrected chi connectivity index (χ2v) is 6.52. The van der Waals surface area contributed by atoms with Crippen LogP contribution >= 0.6 is 0 Å². The Morgan fingerprint density at radius 3 is 2.43 bits per heavy atom. The highest BCUT2D eigenvalue weighted by Crippen LogP contribution is 2.27. The van der Waals surface area contributed by atoms with E-state index in [0.717, 1.165) is 17.7 Å². The van der Waals surface area contributed by atoms with E-state index in [-0.39, 0.29) is 12.5 Å². The van der Waals surface area contributed by atoms with Crippen molar-refractivity contribution in [1.29, 1.82) is 0 Å². The molecule has 2 N–H and O–H groups in total. The largest absolute Gasteiger partial charge is 0.493 e. The molecule has 0 aliphatic rings. The molecule has 0 saturated heterocycles. The van der Waals surface area contributed by atoms with Crippen molar-refractivity contribution in [2.75, 3.05) is 25.7 Å². The van der Waals surface area contributed by atoms with E-state index >= 15 is 0 Å². The van der Waals surface area contributed by atoms with E-state index in [4.69, 9.17) is 9.47 Å². The molecule has 0 heterocycles. The molecule has 0 fully saturated rings. The number of ether oxygens (including phenoxy) is 2. The molecule has 1 amide bonds. The Balaban J connectivity index is 1.47. The average molecular weight is 403 g/mol. The molecule has 154 valence electrons. The number of hydrogen-bond acceptors (Lipinski definition) is 5. The lowest BCUT2D eigenvalue weighted by Gasteiger charge is -2.11. The van der Waals surface area contributed by atoms with E-state index in [0.29, 0.717) is 18.0 Å². The van der Waals surface area contributed by atoms with Crippen LogP contribution in [0.3, 0.4) is 0 Å². The molecule has 0 aromatic heterocycles. The van der Waals surface area contributed by atoms with Crippen LogP contribution in [0.1, 0.15) is 11.1 Å². The topological polar surface area (TPSA) is 71.9 Å². The average Bonchev–Trinajstić information content (AvgIpc) is 2.79. The molecule has 6 heteroatoms. The van der Waals surface area contributed by atoms with Gasteiger partial charge in [0.05, 0.1) is 19.0 Å². The summed E-state index contributed by atoms with van der Waals surface area (Å²) in [7, 11) is 1.56. The van der Waals surface area contributed by atoms with Crippen LogP contribution in [0.2, 0.25) is 0 Å². The van der Waals surface area contributed by atoms with Gasteiger partial charge < -0.3 is 14.8 Å². The van der Waals surface area contributed by atoms with Crippen LogP contribution in [0.15, 0.2) is 84.0 Å². The molecule has 0 saturated carbocycles. The van der Waals surface area contributed by atoms with Gasteiger partial charge in [0.1, 0.15) is 0 Å². The summed E-state index contributed by atoms with van der Waals surface area (Å²) in [5.74, 6) is 0.866. The minimum atomic E-state index is -0.175. The fourth-order valence-electron chi connectivity index (χ4n) is 2.76. The normalized spacial score (nSPS) is 10.6. The number of hydrazone groups is 1. The third-order valence-electron chi connectivity index (χ3n) is 4.31. The Morgan fingerprint density at radius 1 is 0.967 bits per heavy atom. The van der Waals surface area contributed by atoms with Crippen LogP contribution in [-0.2, 0) is 11.2 Å². The van der Waals surface area contributed by atoms with E-state index in [9.17, 15) is 4.79 Å². The van der Waals surface area contributed by atoms with Gasteiger partial charge in [0.25, 0.3) is 5.91 Å². The molecule has 0 atom stereocenters. The summed E-state index contributed by atoms with van der Waals surface area (Å²) in [4.78, 5) is 12.0. The molecule has 0 aliphatic carbocycles. The van der Waals surface area contributed by atoms with Crippen molar-refractivity contribution in [1.82, 2.24) is 5.32 Å². The smallest absolute Gasteiger partial charge is 0.257 e. The van der Waals surface area contributed by atoms with Crippen LogP contribution in [0, 0.1) is 0 Å². The number of carbonyl (C=O) groups excluding carboxylic acids is 1. The van der Waals surface area contributed by atoms with E-state index in [1.165, 1.54) is 5.56 Å². The van der Waals surface area contributed by atoms with Crippen LogP contribution in [-0.4, -0.2) is 32.4 Å². The van der Waals surface area contributed by atoms with Gasteiger partial charge in [0, 0.05) is 6.54 Å². The molecule has 0 bridgehead atoms. The maximum Gasteiger partial charge on any atom is 0.257 e. The lowest BCUT2D eigenvalue weighted by Crippen LogP contribution is -2.30. The molecule has 0 aliphatic heterocycles. The fraction of sp³-hybridized carbons (Fsp3) is 0.167. The lowest BCUT2D eigenvalue weighted by atomic mass is 10.1. The molecular weight excluding hydrogens is 378 g/mol. The molecule has 0 spiro atoms. The van der Waals surface area contributed by atoms with Crippen LogP contribution < -0.4 is 20.2 Å².